The lowest BCUT2D eigenvalue weighted by molar-refractivity contribution is 0.0690. The van der Waals surface area contributed by atoms with Gasteiger partial charge in [-0.1, -0.05) is 0 Å². The van der Waals surface area contributed by atoms with Gasteiger partial charge in [-0.25, -0.2) is 14.3 Å². The second-order valence-electron chi connectivity index (χ2n) is 2.82. The van der Waals surface area contributed by atoms with Crippen molar-refractivity contribution in [3.8, 4) is 0 Å². The summed E-state index contributed by atoms with van der Waals surface area (Å²) in [7, 11) is 0. The lowest BCUT2D eigenvalue weighted by Gasteiger charge is -1.99. The number of rotatable bonds is 1. The minimum atomic E-state index is -1.02. The van der Waals surface area contributed by atoms with E-state index in [9.17, 15) is 4.79 Å². The number of aromatic carboxylic acids is 1. The van der Waals surface area contributed by atoms with Gasteiger partial charge in [0, 0.05) is 11.8 Å². The summed E-state index contributed by atoms with van der Waals surface area (Å²) in [5, 5.41) is 12.9. The zero-order valence-electron chi connectivity index (χ0n) is 7.23. The van der Waals surface area contributed by atoms with Gasteiger partial charge in [-0.2, -0.15) is 5.10 Å². The van der Waals surface area contributed by atoms with Gasteiger partial charge in [-0.05, 0) is 35.6 Å². The van der Waals surface area contributed by atoms with Crippen molar-refractivity contribution in [2.24, 2.45) is 0 Å². The number of hydrogen-bond acceptors (Lipinski definition) is 3. The van der Waals surface area contributed by atoms with Crippen LogP contribution in [0.15, 0.2) is 12.1 Å². The molecule has 2 rings (SSSR count). The zero-order valence-corrected chi connectivity index (χ0v) is 9.39. The standard InChI is InChI=1S/C8H6IN3O2/c1-4-2-5(8(13)14)10-7-3-6(9)11-12(4)7/h2-3H,1H3,(H,13,14). The zero-order chi connectivity index (χ0) is 10.3. The molecular weight excluding hydrogens is 297 g/mol. The van der Waals surface area contributed by atoms with Crippen molar-refractivity contribution in [3.63, 3.8) is 0 Å². The molecule has 5 nitrogen and oxygen atoms in total. The number of fused-ring (bicyclic) bond motifs is 1. The summed E-state index contributed by atoms with van der Waals surface area (Å²) in [6.45, 7) is 1.80. The monoisotopic (exact) mass is 303 g/mol. The molecule has 72 valence electrons. The highest BCUT2D eigenvalue weighted by atomic mass is 127. The predicted octanol–water partition coefficient (Wildman–Crippen LogP) is 1.34. The molecule has 0 saturated carbocycles. The van der Waals surface area contributed by atoms with Crippen LogP contribution in [-0.4, -0.2) is 25.7 Å². The quantitative estimate of drug-likeness (QED) is 0.807. The minimum absolute atomic E-state index is 0.0475. The number of aromatic nitrogens is 3. The van der Waals surface area contributed by atoms with Crippen LogP contribution in [0.2, 0.25) is 0 Å². The van der Waals surface area contributed by atoms with E-state index in [1.165, 1.54) is 6.07 Å². The topological polar surface area (TPSA) is 67.5 Å². The molecule has 2 aromatic heterocycles. The Balaban J connectivity index is 2.77. The molecule has 0 radical (unpaired) electrons. The summed E-state index contributed by atoms with van der Waals surface area (Å²) in [4.78, 5) is 14.7. The van der Waals surface area contributed by atoms with Crippen LogP contribution in [0.25, 0.3) is 5.65 Å². The van der Waals surface area contributed by atoms with Gasteiger partial charge in [-0.15, -0.1) is 0 Å². The van der Waals surface area contributed by atoms with Gasteiger partial charge in [0.2, 0.25) is 0 Å². The van der Waals surface area contributed by atoms with Gasteiger partial charge in [0.1, 0.15) is 3.70 Å². The minimum Gasteiger partial charge on any atom is -0.477 e. The number of carbonyl (C=O) groups is 1. The molecule has 0 aromatic carbocycles. The average molecular weight is 303 g/mol. The normalized spacial score (nSPS) is 10.7. The number of carboxylic acids is 1. The van der Waals surface area contributed by atoms with Gasteiger partial charge >= 0.3 is 5.97 Å². The van der Waals surface area contributed by atoms with E-state index in [0.29, 0.717) is 5.65 Å². The first-order valence-corrected chi connectivity index (χ1v) is 4.92. The van der Waals surface area contributed by atoms with E-state index in [-0.39, 0.29) is 5.69 Å². The molecule has 0 aliphatic carbocycles. The smallest absolute Gasteiger partial charge is 0.354 e. The van der Waals surface area contributed by atoms with Crippen LogP contribution >= 0.6 is 22.6 Å². The fourth-order valence-corrected chi connectivity index (χ4v) is 1.70. The fraction of sp³-hybridized carbons (Fsp3) is 0.125. The lowest BCUT2D eigenvalue weighted by Crippen LogP contribution is -2.05. The Hall–Kier alpha value is -1.18. The van der Waals surface area contributed by atoms with Crippen LogP contribution in [0.3, 0.4) is 0 Å². The molecule has 0 saturated heterocycles. The maximum absolute atomic E-state index is 10.7. The van der Waals surface area contributed by atoms with E-state index in [0.717, 1.165) is 9.39 Å². The summed E-state index contributed by atoms with van der Waals surface area (Å²) >= 11 is 2.06. The maximum Gasteiger partial charge on any atom is 0.354 e. The summed E-state index contributed by atoms with van der Waals surface area (Å²) in [6, 6.07) is 3.23. The van der Waals surface area contributed by atoms with Crippen molar-refractivity contribution < 1.29 is 9.90 Å². The Labute approximate surface area is 92.9 Å². The van der Waals surface area contributed by atoms with E-state index >= 15 is 0 Å². The molecule has 6 heteroatoms. The summed E-state index contributed by atoms with van der Waals surface area (Å²) in [5.41, 5.74) is 1.37. The van der Waals surface area contributed by atoms with E-state index < -0.39 is 5.97 Å². The van der Waals surface area contributed by atoms with Crippen molar-refractivity contribution in [1.29, 1.82) is 0 Å². The largest absolute Gasteiger partial charge is 0.477 e. The van der Waals surface area contributed by atoms with Crippen molar-refractivity contribution >= 4 is 34.2 Å². The molecular formula is C8H6IN3O2. The second kappa shape index (κ2) is 3.19. The van der Waals surface area contributed by atoms with Crippen LogP contribution in [0, 0.1) is 10.6 Å². The molecule has 2 aromatic rings. The molecule has 0 amide bonds. The van der Waals surface area contributed by atoms with E-state index in [4.69, 9.17) is 5.11 Å². The van der Waals surface area contributed by atoms with Crippen molar-refractivity contribution in [2.75, 3.05) is 0 Å². The molecule has 0 fully saturated rings. The summed E-state index contributed by atoms with van der Waals surface area (Å²) in [6.07, 6.45) is 0. The number of nitrogens with zero attached hydrogens (tertiary/aromatic N) is 3. The first-order chi connectivity index (χ1) is 6.58. The third-order valence-corrected chi connectivity index (χ3v) is 2.32. The molecule has 1 N–H and O–H groups in total. The molecule has 0 aliphatic rings. The molecule has 0 spiro atoms. The van der Waals surface area contributed by atoms with Gasteiger partial charge < -0.3 is 5.11 Å². The van der Waals surface area contributed by atoms with Crippen LogP contribution in [0.1, 0.15) is 16.2 Å². The number of carboxylic acid groups (broad SMARTS) is 1. The molecule has 0 atom stereocenters. The van der Waals surface area contributed by atoms with Gasteiger partial charge in [-0.3, -0.25) is 0 Å². The molecule has 2 heterocycles. The molecule has 14 heavy (non-hydrogen) atoms. The van der Waals surface area contributed by atoms with Crippen LogP contribution in [0.5, 0.6) is 0 Å². The highest BCUT2D eigenvalue weighted by molar-refractivity contribution is 14.1. The van der Waals surface area contributed by atoms with Gasteiger partial charge in [0.25, 0.3) is 0 Å². The Morgan fingerprint density at radius 1 is 1.57 bits per heavy atom. The fourth-order valence-electron chi connectivity index (χ4n) is 1.21. The predicted molar refractivity (Wildman–Crippen MR) is 57.4 cm³/mol. The third kappa shape index (κ3) is 1.45. The van der Waals surface area contributed by atoms with Crippen LogP contribution in [-0.2, 0) is 0 Å². The Bertz CT molecular complexity index is 521. The van der Waals surface area contributed by atoms with Crippen LogP contribution < -0.4 is 0 Å². The van der Waals surface area contributed by atoms with Gasteiger partial charge in [0.05, 0.1) is 0 Å². The average Bonchev–Trinajstić information content (AvgIpc) is 2.45. The van der Waals surface area contributed by atoms with Crippen molar-refractivity contribution in [2.45, 2.75) is 6.92 Å². The van der Waals surface area contributed by atoms with Crippen molar-refractivity contribution in [1.82, 2.24) is 14.6 Å². The van der Waals surface area contributed by atoms with Gasteiger partial charge in [0.15, 0.2) is 11.3 Å². The lowest BCUT2D eigenvalue weighted by atomic mass is 10.3. The Kier molecular flexibility index (Phi) is 2.14. The molecule has 0 bridgehead atoms. The number of hydrogen-bond donors (Lipinski definition) is 1. The van der Waals surface area contributed by atoms with Crippen LogP contribution in [0.4, 0.5) is 0 Å². The molecule has 0 aliphatic heterocycles. The number of aryl methyl sites for hydroxylation is 1. The number of halogens is 1. The van der Waals surface area contributed by atoms with E-state index in [1.807, 2.05) is 0 Å². The summed E-state index contributed by atoms with van der Waals surface area (Å²) < 4.78 is 2.41. The Morgan fingerprint density at radius 2 is 2.29 bits per heavy atom. The first-order valence-electron chi connectivity index (χ1n) is 3.84. The molecule has 0 unspecified atom stereocenters. The second-order valence-corrected chi connectivity index (χ2v) is 3.93. The highest BCUT2D eigenvalue weighted by Crippen LogP contribution is 2.10. The third-order valence-electron chi connectivity index (χ3n) is 1.79. The highest BCUT2D eigenvalue weighted by Gasteiger charge is 2.09. The first kappa shape index (κ1) is 9.38. The Morgan fingerprint density at radius 3 is 2.93 bits per heavy atom. The summed E-state index contributed by atoms with van der Waals surface area (Å²) in [5.74, 6) is -1.02. The van der Waals surface area contributed by atoms with Crippen molar-refractivity contribution in [3.05, 3.63) is 27.2 Å². The van der Waals surface area contributed by atoms with E-state index in [2.05, 4.69) is 32.7 Å². The SMILES string of the molecule is Cc1cc(C(=O)O)nc2cc(I)nn12. The maximum atomic E-state index is 10.7. The van der Waals surface area contributed by atoms with E-state index in [1.54, 1.807) is 17.5 Å².